The van der Waals surface area contributed by atoms with Crippen LogP contribution in [-0.2, 0) is 7.05 Å². The van der Waals surface area contributed by atoms with Gasteiger partial charge >= 0.3 is 6.03 Å². The van der Waals surface area contributed by atoms with Crippen LogP contribution in [0, 0.1) is 6.92 Å². The SMILES string of the molecule is Cc1cc(NC(=O)Nc2ccccc2Br)nn1C. The van der Waals surface area contributed by atoms with Crippen molar-refractivity contribution in [1.29, 1.82) is 0 Å². The minimum absolute atomic E-state index is 0.319. The summed E-state index contributed by atoms with van der Waals surface area (Å²) >= 11 is 3.36. The number of benzene rings is 1. The number of anilines is 2. The number of rotatable bonds is 2. The lowest BCUT2D eigenvalue weighted by molar-refractivity contribution is 0.262. The fourth-order valence-corrected chi connectivity index (χ4v) is 1.84. The maximum Gasteiger partial charge on any atom is 0.324 e. The number of carbonyl (C=O) groups is 1. The number of hydrogen-bond donors (Lipinski definition) is 2. The lowest BCUT2D eigenvalue weighted by Gasteiger charge is -2.06. The van der Waals surface area contributed by atoms with Gasteiger partial charge < -0.3 is 5.32 Å². The number of hydrogen-bond acceptors (Lipinski definition) is 2. The van der Waals surface area contributed by atoms with E-state index >= 15 is 0 Å². The number of aromatic nitrogens is 2. The summed E-state index contributed by atoms with van der Waals surface area (Å²) in [4.78, 5) is 11.8. The molecule has 0 saturated carbocycles. The van der Waals surface area contributed by atoms with Crippen LogP contribution in [0.15, 0.2) is 34.8 Å². The summed E-state index contributed by atoms with van der Waals surface area (Å²) in [7, 11) is 1.83. The lowest BCUT2D eigenvalue weighted by atomic mass is 10.3. The first-order chi connectivity index (χ1) is 8.56. The van der Waals surface area contributed by atoms with Crippen LogP contribution < -0.4 is 10.6 Å². The molecule has 0 fully saturated rings. The standard InChI is InChI=1S/C12H13BrN4O/c1-8-7-11(16-17(8)2)15-12(18)14-10-6-4-3-5-9(10)13/h3-7H,1-2H3,(H2,14,15,16,18). The van der Waals surface area contributed by atoms with E-state index in [0.717, 1.165) is 10.2 Å². The number of para-hydroxylation sites is 1. The van der Waals surface area contributed by atoms with Crippen LogP contribution >= 0.6 is 15.9 Å². The van der Waals surface area contributed by atoms with Gasteiger partial charge in [0.05, 0.1) is 5.69 Å². The molecule has 18 heavy (non-hydrogen) atoms. The zero-order valence-corrected chi connectivity index (χ0v) is 11.7. The minimum Gasteiger partial charge on any atom is -0.307 e. The van der Waals surface area contributed by atoms with Crippen molar-refractivity contribution in [2.45, 2.75) is 6.92 Å². The van der Waals surface area contributed by atoms with Crippen molar-refractivity contribution < 1.29 is 4.79 Å². The van der Waals surface area contributed by atoms with Crippen molar-refractivity contribution >= 4 is 33.5 Å². The molecule has 0 atom stereocenters. The molecule has 1 aromatic carbocycles. The molecule has 0 bridgehead atoms. The minimum atomic E-state index is -0.319. The number of urea groups is 1. The Bertz CT molecular complexity index is 560. The molecule has 2 aromatic rings. The van der Waals surface area contributed by atoms with E-state index in [1.54, 1.807) is 10.7 Å². The van der Waals surface area contributed by atoms with Crippen LogP contribution in [0.1, 0.15) is 5.69 Å². The Kier molecular flexibility index (Phi) is 3.66. The third-order valence-corrected chi connectivity index (χ3v) is 3.17. The van der Waals surface area contributed by atoms with E-state index in [2.05, 4.69) is 31.7 Å². The number of amides is 2. The molecule has 2 N–H and O–H groups in total. The van der Waals surface area contributed by atoms with Crippen LogP contribution in [0.2, 0.25) is 0 Å². The molecule has 0 aliphatic heterocycles. The number of carbonyl (C=O) groups excluding carboxylic acids is 1. The topological polar surface area (TPSA) is 59.0 Å². The van der Waals surface area contributed by atoms with Crippen molar-refractivity contribution in [3.8, 4) is 0 Å². The first-order valence-corrected chi connectivity index (χ1v) is 6.19. The Balaban J connectivity index is 2.03. The Hall–Kier alpha value is -1.82. The zero-order chi connectivity index (χ0) is 13.1. The molecule has 0 saturated heterocycles. The molecule has 94 valence electrons. The van der Waals surface area contributed by atoms with Crippen LogP contribution in [0.3, 0.4) is 0 Å². The van der Waals surface area contributed by atoms with E-state index in [-0.39, 0.29) is 6.03 Å². The van der Waals surface area contributed by atoms with Gasteiger partial charge in [0, 0.05) is 23.3 Å². The number of nitrogens with one attached hydrogen (secondary N) is 2. The molecule has 1 heterocycles. The van der Waals surface area contributed by atoms with E-state index in [9.17, 15) is 4.79 Å². The predicted molar refractivity (Wildman–Crippen MR) is 74.7 cm³/mol. The predicted octanol–water partition coefficient (Wildman–Crippen LogP) is 3.14. The first-order valence-electron chi connectivity index (χ1n) is 5.39. The van der Waals surface area contributed by atoms with Gasteiger partial charge in [-0.2, -0.15) is 5.10 Å². The molecular weight excluding hydrogens is 296 g/mol. The molecule has 1 aromatic heterocycles. The van der Waals surface area contributed by atoms with Gasteiger partial charge in [0.1, 0.15) is 0 Å². The normalized spacial score (nSPS) is 10.2. The van der Waals surface area contributed by atoms with Crippen molar-refractivity contribution in [2.24, 2.45) is 7.05 Å². The summed E-state index contributed by atoms with van der Waals surface area (Å²) in [5, 5.41) is 9.56. The largest absolute Gasteiger partial charge is 0.324 e. The fraction of sp³-hybridized carbons (Fsp3) is 0.167. The zero-order valence-electron chi connectivity index (χ0n) is 10.1. The highest BCUT2D eigenvalue weighted by molar-refractivity contribution is 9.10. The van der Waals surface area contributed by atoms with Crippen molar-refractivity contribution in [3.63, 3.8) is 0 Å². The van der Waals surface area contributed by atoms with Gasteiger partial charge in [-0.25, -0.2) is 4.79 Å². The highest BCUT2D eigenvalue weighted by Crippen LogP contribution is 2.21. The third-order valence-electron chi connectivity index (χ3n) is 2.48. The summed E-state index contributed by atoms with van der Waals surface area (Å²) in [5.41, 5.74) is 1.69. The maximum absolute atomic E-state index is 11.8. The quantitative estimate of drug-likeness (QED) is 0.895. The lowest BCUT2D eigenvalue weighted by Crippen LogP contribution is -2.20. The van der Waals surface area contributed by atoms with Crippen LogP contribution in [0.5, 0.6) is 0 Å². The van der Waals surface area contributed by atoms with Crippen molar-refractivity contribution in [2.75, 3.05) is 10.6 Å². The van der Waals surface area contributed by atoms with Gasteiger partial charge in [-0.1, -0.05) is 12.1 Å². The van der Waals surface area contributed by atoms with Crippen LogP contribution in [-0.4, -0.2) is 15.8 Å². The molecular formula is C12H13BrN4O. The Morgan fingerprint density at radius 1 is 1.33 bits per heavy atom. The van der Waals surface area contributed by atoms with E-state index in [1.165, 1.54) is 0 Å². The number of aryl methyl sites for hydroxylation is 2. The van der Waals surface area contributed by atoms with Gasteiger partial charge in [-0.15, -0.1) is 0 Å². The van der Waals surface area contributed by atoms with Crippen molar-refractivity contribution in [1.82, 2.24) is 9.78 Å². The maximum atomic E-state index is 11.8. The van der Waals surface area contributed by atoms with E-state index < -0.39 is 0 Å². The molecule has 0 aliphatic carbocycles. The molecule has 0 aliphatic rings. The van der Waals surface area contributed by atoms with Crippen molar-refractivity contribution in [3.05, 3.63) is 40.5 Å². The third kappa shape index (κ3) is 2.89. The molecule has 2 rings (SSSR count). The van der Waals surface area contributed by atoms with Gasteiger partial charge in [-0.3, -0.25) is 10.00 Å². The van der Waals surface area contributed by atoms with Gasteiger partial charge in [0.2, 0.25) is 0 Å². The summed E-state index contributed by atoms with van der Waals surface area (Å²) in [5.74, 6) is 0.527. The van der Waals surface area contributed by atoms with Gasteiger partial charge in [0.25, 0.3) is 0 Å². The average molecular weight is 309 g/mol. The second-order valence-electron chi connectivity index (χ2n) is 3.85. The summed E-state index contributed by atoms with van der Waals surface area (Å²) in [6, 6.07) is 8.90. The number of nitrogens with zero attached hydrogens (tertiary/aromatic N) is 2. The second-order valence-corrected chi connectivity index (χ2v) is 4.71. The smallest absolute Gasteiger partial charge is 0.307 e. The highest BCUT2D eigenvalue weighted by atomic mass is 79.9. The molecule has 0 unspecified atom stereocenters. The number of halogens is 1. The van der Waals surface area contributed by atoms with Crippen LogP contribution in [0.4, 0.5) is 16.3 Å². The Morgan fingerprint density at radius 2 is 2.06 bits per heavy atom. The molecule has 6 heteroatoms. The summed E-state index contributed by atoms with van der Waals surface area (Å²) < 4.78 is 2.53. The fourth-order valence-electron chi connectivity index (χ4n) is 1.45. The van der Waals surface area contributed by atoms with E-state index in [1.807, 2.05) is 38.2 Å². The summed E-state index contributed by atoms with van der Waals surface area (Å²) in [6.45, 7) is 1.92. The monoisotopic (exact) mass is 308 g/mol. The second kappa shape index (κ2) is 5.22. The molecule has 0 radical (unpaired) electrons. The first kappa shape index (κ1) is 12.6. The van der Waals surface area contributed by atoms with E-state index in [0.29, 0.717) is 11.5 Å². The van der Waals surface area contributed by atoms with Gasteiger partial charge in [0.15, 0.2) is 5.82 Å². The average Bonchev–Trinajstić information content (AvgIpc) is 2.61. The Labute approximate surface area is 113 Å². The van der Waals surface area contributed by atoms with Gasteiger partial charge in [-0.05, 0) is 35.0 Å². The Morgan fingerprint density at radius 3 is 2.67 bits per heavy atom. The summed E-state index contributed by atoms with van der Waals surface area (Å²) in [6.07, 6.45) is 0. The van der Waals surface area contributed by atoms with Crippen LogP contribution in [0.25, 0.3) is 0 Å². The molecule has 2 amide bonds. The molecule has 0 spiro atoms. The highest BCUT2D eigenvalue weighted by Gasteiger charge is 2.07. The molecule has 5 nitrogen and oxygen atoms in total. The van der Waals surface area contributed by atoms with E-state index in [4.69, 9.17) is 0 Å².